The predicted octanol–water partition coefficient (Wildman–Crippen LogP) is 3.93. The van der Waals surface area contributed by atoms with E-state index in [4.69, 9.17) is 32.7 Å². The first-order chi connectivity index (χ1) is 15.0. The van der Waals surface area contributed by atoms with Crippen molar-refractivity contribution in [1.29, 1.82) is 0 Å². The highest BCUT2D eigenvalue weighted by atomic mass is 35.5. The van der Waals surface area contributed by atoms with Crippen LogP contribution in [0.15, 0.2) is 42.1 Å². The van der Waals surface area contributed by atoms with E-state index in [0.717, 1.165) is 23.7 Å². The number of ether oxygens (including phenoxy) is 2. The van der Waals surface area contributed by atoms with E-state index in [2.05, 4.69) is 10.2 Å². The van der Waals surface area contributed by atoms with E-state index in [-0.39, 0.29) is 12.2 Å². The number of carbonyl (C=O) groups is 2. The van der Waals surface area contributed by atoms with E-state index in [9.17, 15) is 9.59 Å². The fourth-order valence-corrected chi connectivity index (χ4v) is 4.00. The molecule has 3 amide bonds. The van der Waals surface area contributed by atoms with Crippen molar-refractivity contribution in [2.45, 2.75) is 6.54 Å². The molecule has 4 rings (SSSR count). The van der Waals surface area contributed by atoms with Gasteiger partial charge >= 0.3 is 6.03 Å². The van der Waals surface area contributed by atoms with E-state index in [0.29, 0.717) is 40.1 Å². The maximum atomic E-state index is 12.9. The molecule has 0 atom stereocenters. The minimum absolute atomic E-state index is 0.0467. The average molecular weight is 462 g/mol. The van der Waals surface area contributed by atoms with Crippen LogP contribution in [0.1, 0.15) is 11.1 Å². The minimum atomic E-state index is -0.508. The Morgan fingerprint density at radius 1 is 1.13 bits per heavy atom. The first-order valence-electron chi connectivity index (χ1n) is 9.75. The van der Waals surface area contributed by atoms with Crippen LogP contribution in [0.2, 0.25) is 10.0 Å². The Bertz CT molecular complexity index is 1050. The van der Waals surface area contributed by atoms with E-state index < -0.39 is 11.9 Å². The maximum Gasteiger partial charge on any atom is 0.329 e. The summed E-state index contributed by atoms with van der Waals surface area (Å²) in [6, 6.07) is 10.2. The average Bonchev–Trinajstić information content (AvgIpc) is 3.03. The van der Waals surface area contributed by atoms with Crippen LogP contribution in [0.5, 0.6) is 5.75 Å². The van der Waals surface area contributed by atoms with E-state index in [1.54, 1.807) is 31.4 Å². The number of carbonyl (C=O) groups excluding carboxylic acids is 2. The van der Waals surface area contributed by atoms with Crippen LogP contribution in [0, 0.1) is 0 Å². The fraction of sp³-hybridized carbons (Fsp3) is 0.273. The highest BCUT2D eigenvalue weighted by molar-refractivity contribution is 6.35. The number of morpholine rings is 1. The minimum Gasteiger partial charge on any atom is -0.496 e. The van der Waals surface area contributed by atoms with Crippen molar-refractivity contribution in [3.8, 4) is 5.75 Å². The lowest BCUT2D eigenvalue weighted by Crippen LogP contribution is -2.36. The second-order valence-electron chi connectivity index (χ2n) is 7.14. The lowest BCUT2D eigenvalue weighted by molar-refractivity contribution is -0.123. The van der Waals surface area contributed by atoms with Gasteiger partial charge in [0.2, 0.25) is 0 Å². The van der Waals surface area contributed by atoms with Crippen LogP contribution in [-0.4, -0.2) is 50.3 Å². The zero-order valence-electron chi connectivity index (χ0n) is 16.9. The first kappa shape index (κ1) is 21.5. The second kappa shape index (κ2) is 9.18. The van der Waals surface area contributed by atoms with Crippen molar-refractivity contribution >= 4 is 46.9 Å². The SMILES string of the molecule is COc1cc(N2CCOCC2)ccc1/C=C1\NC(=O)N(Cc2ccc(Cl)cc2Cl)C1=O. The molecule has 2 heterocycles. The molecule has 1 N–H and O–H groups in total. The molecule has 0 unspecified atom stereocenters. The van der Waals surface area contributed by atoms with Crippen molar-refractivity contribution in [2.24, 2.45) is 0 Å². The highest BCUT2D eigenvalue weighted by Crippen LogP contribution is 2.29. The third-order valence-electron chi connectivity index (χ3n) is 5.20. The number of halogens is 2. The van der Waals surface area contributed by atoms with Crippen LogP contribution < -0.4 is 15.0 Å². The Balaban J connectivity index is 1.55. The largest absolute Gasteiger partial charge is 0.496 e. The summed E-state index contributed by atoms with van der Waals surface area (Å²) in [4.78, 5) is 28.6. The van der Waals surface area contributed by atoms with Crippen LogP contribution in [-0.2, 0) is 16.1 Å². The molecule has 0 radical (unpaired) electrons. The van der Waals surface area contributed by atoms with Gasteiger partial charge in [0.1, 0.15) is 11.4 Å². The van der Waals surface area contributed by atoms with Crippen molar-refractivity contribution in [1.82, 2.24) is 10.2 Å². The quantitative estimate of drug-likeness (QED) is 0.539. The lowest BCUT2D eigenvalue weighted by Gasteiger charge is -2.29. The van der Waals surface area contributed by atoms with Gasteiger partial charge in [0.25, 0.3) is 5.91 Å². The normalized spacial score (nSPS) is 18.0. The number of urea groups is 1. The third kappa shape index (κ3) is 4.63. The van der Waals surface area contributed by atoms with Gasteiger partial charge in [-0.15, -0.1) is 0 Å². The second-order valence-corrected chi connectivity index (χ2v) is 7.98. The molecule has 0 aliphatic carbocycles. The number of benzene rings is 2. The summed E-state index contributed by atoms with van der Waals surface area (Å²) in [5.41, 5.74) is 2.51. The van der Waals surface area contributed by atoms with Crippen molar-refractivity contribution in [2.75, 3.05) is 38.3 Å². The molecule has 31 heavy (non-hydrogen) atoms. The summed E-state index contributed by atoms with van der Waals surface area (Å²) >= 11 is 12.1. The van der Waals surface area contributed by atoms with E-state index >= 15 is 0 Å². The Morgan fingerprint density at radius 2 is 1.90 bits per heavy atom. The predicted molar refractivity (Wildman–Crippen MR) is 120 cm³/mol. The molecule has 0 bridgehead atoms. The van der Waals surface area contributed by atoms with Gasteiger partial charge in [0.05, 0.1) is 26.9 Å². The highest BCUT2D eigenvalue weighted by Gasteiger charge is 2.34. The molecule has 7 nitrogen and oxygen atoms in total. The van der Waals surface area contributed by atoms with Crippen LogP contribution in [0.3, 0.4) is 0 Å². The van der Waals surface area contributed by atoms with Gasteiger partial charge in [0, 0.05) is 40.5 Å². The molecule has 2 fully saturated rings. The molecule has 2 saturated heterocycles. The molecule has 9 heteroatoms. The molecule has 0 spiro atoms. The van der Waals surface area contributed by atoms with Crippen molar-refractivity contribution < 1.29 is 19.1 Å². The topological polar surface area (TPSA) is 71.1 Å². The standard InChI is InChI=1S/C22H21Cl2N3O4/c1-30-20-12-17(26-6-8-31-9-7-26)5-3-14(20)10-19-21(28)27(22(29)25-19)13-15-2-4-16(23)11-18(15)24/h2-5,10-12H,6-9,13H2,1H3,(H,25,29)/b19-10-. The Labute approximate surface area is 190 Å². The number of anilines is 1. The fourth-order valence-electron chi connectivity index (χ4n) is 3.53. The molecule has 0 aromatic heterocycles. The summed E-state index contributed by atoms with van der Waals surface area (Å²) in [7, 11) is 1.57. The van der Waals surface area contributed by atoms with Crippen LogP contribution in [0.25, 0.3) is 6.08 Å². The summed E-state index contributed by atoms with van der Waals surface area (Å²) in [5.74, 6) is 0.174. The maximum absolute atomic E-state index is 12.9. The number of nitrogens with one attached hydrogen (secondary N) is 1. The monoisotopic (exact) mass is 461 g/mol. The van der Waals surface area contributed by atoms with Gasteiger partial charge in [0.15, 0.2) is 0 Å². The van der Waals surface area contributed by atoms with Crippen LogP contribution in [0.4, 0.5) is 10.5 Å². The van der Waals surface area contributed by atoms with Gasteiger partial charge in [-0.3, -0.25) is 9.69 Å². The lowest BCUT2D eigenvalue weighted by atomic mass is 10.1. The first-order valence-corrected chi connectivity index (χ1v) is 10.5. The number of rotatable bonds is 5. The Morgan fingerprint density at radius 3 is 2.61 bits per heavy atom. The zero-order valence-corrected chi connectivity index (χ0v) is 18.4. The van der Waals surface area contributed by atoms with Crippen LogP contribution >= 0.6 is 23.2 Å². The molecule has 2 aromatic carbocycles. The van der Waals surface area contributed by atoms with Gasteiger partial charge < -0.3 is 19.7 Å². The molecule has 2 aromatic rings. The Hall–Kier alpha value is -2.74. The van der Waals surface area contributed by atoms with Gasteiger partial charge in [-0.25, -0.2) is 4.79 Å². The summed E-state index contributed by atoms with van der Waals surface area (Å²) in [6.45, 7) is 3.02. The van der Waals surface area contributed by atoms with E-state index in [1.165, 1.54) is 0 Å². The Kier molecular flexibility index (Phi) is 6.36. The smallest absolute Gasteiger partial charge is 0.329 e. The van der Waals surface area contributed by atoms with Gasteiger partial charge in [-0.2, -0.15) is 0 Å². The zero-order chi connectivity index (χ0) is 22.0. The molecule has 0 saturated carbocycles. The number of hydrogen-bond acceptors (Lipinski definition) is 5. The molecular weight excluding hydrogens is 441 g/mol. The van der Waals surface area contributed by atoms with E-state index in [1.807, 2.05) is 18.2 Å². The third-order valence-corrected chi connectivity index (χ3v) is 5.79. The number of methoxy groups -OCH3 is 1. The molecule has 162 valence electrons. The number of nitrogens with zero attached hydrogens (tertiary/aromatic N) is 2. The number of imide groups is 1. The number of hydrogen-bond donors (Lipinski definition) is 1. The van der Waals surface area contributed by atoms with Crippen molar-refractivity contribution in [3.63, 3.8) is 0 Å². The van der Waals surface area contributed by atoms with Gasteiger partial charge in [-0.05, 0) is 35.9 Å². The molecule has 2 aliphatic rings. The summed E-state index contributed by atoms with van der Waals surface area (Å²) < 4.78 is 10.9. The molecule has 2 aliphatic heterocycles. The van der Waals surface area contributed by atoms with Crippen molar-refractivity contribution in [3.05, 3.63) is 63.3 Å². The van der Waals surface area contributed by atoms with Gasteiger partial charge in [-0.1, -0.05) is 29.3 Å². The summed E-state index contributed by atoms with van der Waals surface area (Å²) in [5, 5.41) is 3.51. The number of amides is 3. The molecular formula is C22H21Cl2N3O4. The summed E-state index contributed by atoms with van der Waals surface area (Å²) in [6.07, 6.45) is 1.62.